The molecule has 3 nitrogen and oxygen atoms in total. The van der Waals surface area contributed by atoms with Gasteiger partial charge in [-0.25, -0.2) is 0 Å². The second kappa shape index (κ2) is 4.12. The minimum absolute atomic E-state index is 0.111. The summed E-state index contributed by atoms with van der Waals surface area (Å²) >= 11 is 1.61. The van der Waals surface area contributed by atoms with Crippen molar-refractivity contribution in [3.05, 3.63) is 12.2 Å². The van der Waals surface area contributed by atoms with Gasteiger partial charge in [-0.3, -0.25) is 9.79 Å². The lowest BCUT2D eigenvalue weighted by Crippen LogP contribution is -2.38. The summed E-state index contributed by atoms with van der Waals surface area (Å²) in [4.78, 5) is 16.8. The number of thioether (sulfide) groups is 1. The highest BCUT2D eigenvalue weighted by atomic mass is 32.2. The van der Waals surface area contributed by atoms with Crippen LogP contribution in [-0.4, -0.2) is 21.9 Å². The lowest BCUT2D eigenvalue weighted by atomic mass is 9.96. The van der Waals surface area contributed by atoms with Gasteiger partial charge in [0.25, 0.3) is 0 Å². The zero-order chi connectivity index (χ0) is 12.9. The van der Waals surface area contributed by atoms with E-state index in [1.807, 2.05) is 6.92 Å². The first-order valence-electron chi connectivity index (χ1n) is 6.75. The van der Waals surface area contributed by atoms with E-state index in [4.69, 9.17) is 4.99 Å². The summed E-state index contributed by atoms with van der Waals surface area (Å²) in [6, 6.07) is 0.386. The Hall–Kier alpha value is -0.770. The monoisotopic (exact) mass is 264 g/mol. The summed E-state index contributed by atoms with van der Waals surface area (Å²) in [7, 11) is 0. The quantitative estimate of drug-likeness (QED) is 0.779. The summed E-state index contributed by atoms with van der Waals surface area (Å²) < 4.78 is -0.355. The first-order valence-corrected chi connectivity index (χ1v) is 7.57. The maximum atomic E-state index is 12.1. The molecule has 18 heavy (non-hydrogen) atoms. The van der Waals surface area contributed by atoms with Crippen LogP contribution in [0.2, 0.25) is 0 Å². The highest BCUT2D eigenvalue weighted by Crippen LogP contribution is 2.43. The molecule has 1 saturated heterocycles. The predicted octanol–water partition coefficient (Wildman–Crippen LogP) is 2.58. The van der Waals surface area contributed by atoms with Gasteiger partial charge in [-0.15, -0.1) is 0 Å². The van der Waals surface area contributed by atoms with Crippen molar-refractivity contribution in [1.29, 1.82) is 0 Å². The lowest BCUT2D eigenvalue weighted by molar-refractivity contribution is -0.122. The molecule has 1 heterocycles. The number of hydrogen-bond acceptors (Lipinski definition) is 3. The number of aliphatic imine (C=N–C) groups is 1. The van der Waals surface area contributed by atoms with Crippen molar-refractivity contribution < 1.29 is 4.79 Å². The van der Waals surface area contributed by atoms with Crippen LogP contribution in [0.3, 0.4) is 0 Å². The molecule has 0 aromatic heterocycles. The molecular formula is C14H20N2OS. The fourth-order valence-electron chi connectivity index (χ4n) is 2.98. The number of rotatable bonds is 2. The number of hydrogen-bond donors (Lipinski definition) is 1. The predicted molar refractivity (Wildman–Crippen MR) is 75.6 cm³/mol. The molecule has 4 atom stereocenters. The van der Waals surface area contributed by atoms with Gasteiger partial charge in [0, 0.05) is 0 Å². The first kappa shape index (κ1) is 12.3. The summed E-state index contributed by atoms with van der Waals surface area (Å²) in [5.74, 6) is 1.75. The molecule has 2 bridgehead atoms. The van der Waals surface area contributed by atoms with Crippen molar-refractivity contribution in [2.75, 3.05) is 0 Å². The van der Waals surface area contributed by atoms with E-state index in [2.05, 4.69) is 31.3 Å². The smallest absolute Gasteiger partial charge is 0.242 e. The van der Waals surface area contributed by atoms with Crippen molar-refractivity contribution in [1.82, 2.24) is 5.32 Å². The molecule has 4 heteroatoms. The molecule has 3 rings (SSSR count). The highest BCUT2D eigenvalue weighted by molar-refractivity contribution is 8.16. The number of nitrogens with zero attached hydrogens (tertiary/aromatic N) is 1. The van der Waals surface area contributed by atoms with Crippen molar-refractivity contribution in [2.24, 2.45) is 22.7 Å². The molecule has 4 unspecified atom stereocenters. The third-order valence-electron chi connectivity index (χ3n) is 4.61. The molecule has 1 amide bonds. The normalized spacial score (nSPS) is 44.3. The SMILES string of the molecule is CC(C)C1(C)SC(=NC2CC3C=CC2C3)NC1=O. The van der Waals surface area contributed by atoms with Crippen molar-refractivity contribution in [2.45, 2.75) is 44.4 Å². The Morgan fingerprint density at radius 3 is 2.72 bits per heavy atom. The Morgan fingerprint density at radius 2 is 2.22 bits per heavy atom. The summed E-state index contributed by atoms with van der Waals surface area (Å²) in [5.41, 5.74) is 0. The van der Waals surface area contributed by atoms with Crippen LogP contribution in [0.4, 0.5) is 0 Å². The van der Waals surface area contributed by atoms with Gasteiger partial charge in [0.1, 0.15) is 4.75 Å². The number of amides is 1. The summed E-state index contributed by atoms with van der Waals surface area (Å²) in [6.07, 6.45) is 7.02. The average molecular weight is 264 g/mol. The molecule has 0 radical (unpaired) electrons. The zero-order valence-corrected chi connectivity index (χ0v) is 12.0. The van der Waals surface area contributed by atoms with E-state index in [-0.39, 0.29) is 10.7 Å². The topological polar surface area (TPSA) is 41.5 Å². The zero-order valence-electron chi connectivity index (χ0n) is 11.1. The number of carbonyl (C=O) groups is 1. The Morgan fingerprint density at radius 1 is 1.44 bits per heavy atom. The van der Waals surface area contributed by atoms with Crippen LogP contribution in [-0.2, 0) is 4.79 Å². The third-order valence-corrected chi connectivity index (χ3v) is 6.09. The van der Waals surface area contributed by atoms with Crippen molar-refractivity contribution in [3.8, 4) is 0 Å². The second-order valence-corrected chi connectivity index (χ2v) is 7.54. The summed E-state index contributed by atoms with van der Waals surface area (Å²) in [5, 5.41) is 3.80. The van der Waals surface area contributed by atoms with Gasteiger partial charge in [0.2, 0.25) is 5.91 Å². The Bertz CT molecular complexity index is 443. The van der Waals surface area contributed by atoms with E-state index < -0.39 is 0 Å². The van der Waals surface area contributed by atoms with Crippen LogP contribution < -0.4 is 5.32 Å². The molecule has 0 aromatic rings. The molecule has 1 aliphatic heterocycles. The van der Waals surface area contributed by atoms with Crippen LogP contribution in [0.5, 0.6) is 0 Å². The van der Waals surface area contributed by atoms with E-state index in [9.17, 15) is 4.79 Å². The molecule has 98 valence electrons. The van der Waals surface area contributed by atoms with Crippen LogP contribution >= 0.6 is 11.8 Å². The van der Waals surface area contributed by atoms with Gasteiger partial charge in [0.05, 0.1) is 6.04 Å². The fraction of sp³-hybridized carbons (Fsp3) is 0.714. The maximum absolute atomic E-state index is 12.1. The number of amidine groups is 1. The maximum Gasteiger partial charge on any atom is 0.242 e. The van der Waals surface area contributed by atoms with Gasteiger partial charge in [-0.1, -0.05) is 37.8 Å². The molecule has 1 N–H and O–H groups in total. The standard InChI is InChI=1S/C14H20N2OS/c1-8(2)14(3)12(17)16-13(18-14)15-11-7-9-4-5-10(11)6-9/h4-5,8-11H,6-7H2,1-3H3,(H,15,16,17). The van der Waals surface area contributed by atoms with Crippen LogP contribution in [0.25, 0.3) is 0 Å². The van der Waals surface area contributed by atoms with Gasteiger partial charge < -0.3 is 5.32 Å². The largest absolute Gasteiger partial charge is 0.304 e. The first-order chi connectivity index (χ1) is 8.49. The van der Waals surface area contributed by atoms with Gasteiger partial charge in [-0.05, 0) is 37.5 Å². The number of nitrogens with one attached hydrogen (secondary N) is 1. The molecular weight excluding hydrogens is 244 g/mol. The molecule has 0 aromatic carbocycles. The summed E-state index contributed by atoms with van der Waals surface area (Å²) in [6.45, 7) is 6.20. The van der Waals surface area contributed by atoms with Gasteiger partial charge >= 0.3 is 0 Å². The van der Waals surface area contributed by atoms with Crippen LogP contribution in [0.15, 0.2) is 17.1 Å². The number of fused-ring (bicyclic) bond motifs is 2. The van der Waals surface area contributed by atoms with Crippen LogP contribution in [0, 0.1) is 17.8 Å². The van der Waals surface area contributed by atoms with E-state index >= 15 is 0 Å². The number of carbonyl (C=O) groups excluding carboxylic acids is 1. The average Bonchev–Trinajstić information content (AvgIpc) is 2.95. The highest BCUT2D eigenvalue weighted by Gasteiger charge is 2.45. The Balaban J connectivity index is 1.76. The van der Waals surface area contributed by atoms with Gasteiger partial charge in [0.15, 0.2) is 5.17 Å². The van der Waals surface area contributed by atoms with Gasteiger partial charge in [-0.2, -0.15) is 0 Å². The third kappa shape index (κ3) is 1.81. The van der Waals surface area contributed by atoms with E-state index in [1.165, 1.54) is 6.42 Å². The molecule has 3 aliphatic rings. The second-order valence-electron chi connectivity index (χ2n) is 6.10. The van der Waals surface area contributed by atoms with Crippen LogP contribution in [0.1, 0.15) is 33.6 Å². The molecule has 2 aliphatic carbocycles. The van der Waals surface area contributed by atoms with Crippen molar-refractivity contribution >= 4 is 22.8 Å². The number of allylic oxidation sites excluding steroid dienone is 1. The van der Waals surface area contributed by atoms with E-state index in [0.29, 0.717) is 17.9 Å². The minimum Gasteiger partial charge on any atom is -0.304 e. The molecule has 1 saturated carbocycles. The fourth-order valence-corrected chi connectivity index (χ4v) is 4.10. The molecule has 2 fully saturated rings. The lowest BCUT2D eigenvalue weighted by Gasteiger charge is -2.23. The minimum atomic E-state index is -0.355. The van der Waals surface area contributed by atoms with E-state index in [0.717, 1.165) is 17.5 Å². The Kier molecular flexibility index (Phi) is 2.81. The van der Waals surface area contributed by atoms with Crippen molar-refractivity contribution in [3.63, 3.8) is 0 Å². The van der Waals surface area contributed by atoms with E-state index in [1.54, 1.807) is 11.8 Å². The molecule has 0 spiro atoms. The Labute approximate surface area is 113 Å².